The molecule has 2 aromatic carbocycles. The number of aromatic nitrogens is 4. The van der Waals surface area contributed by atoms with E-state index in [0.717, 1.165) is 16.9 Å². The SMILES string of the molecule is O=C(Nc1ccc(-n2cccn2)cc1)c1cccc(Cn2cccn2)c1. The van der Waals surface area contributed by atoms with Crippen LogP contribution in [0.15, 0.2) is 85.5 Å². The molecule has 0 radical (unpaired) electrons. The van der Waals surface area contributed by atoms with Crippen LogP contribution < -0.4 is 5.32 Å². The van der Waals surface area contributed by atoms with Gasteiger partial charge in [-0.05, 0) is 54.1 Å². The first-order valence-corrected chi connectivity index (χ1v) is 8.26. The Kier molecular flexibility index (Phi) is 4.30. The normalized spacial score (nSPS) is 10.6. The van der Waals surface area contributed by atoms with E-state index in [1.54, 1.807) is 23.1 Å². The van der Waals surface area contributed by atoms with E-state index in [1.807, 2.05) is 71.7 Å². The average Bonchev–Trinajstić information content (AvgIpc) is 3.36. The van der Waals surface area contributed by atoms with E-state index in [1.165, 1.54) is 0 Å². The molecule has 0 atom stereocenters. The minimum Gasteiger partial charge on any atom is -0.322 e. The van der Waals surface area contributed by atoms with Crippen molar-refractivity contribution in [2.45, 2.75) is 6.54 Å². The van der Waals surface area contributed by atoms with Gasteiger partial charge in [0.1, 0.15) is 0 Å². The predicted octanol–water partition coefficient (Wildman–Crippen LogP) is 3.37. The van der Waals surface area contributed by atoms with Crippen LogP contribution in [0.4, 0.5) is 5.69 Å². The van der Waals surface area contributed by atoms with Gasteiger partial charge in [-0.2, -0.15) is 10.2 Å². The number of amides is 1. The fraction of sp³-hybridized carbons (Fsp3) is 0.0500. The number of carbonyl (C=O) groups excluding carboxylic acids is 1. The summed E-state index contributed by atoms with van der Waals surface area (Å²) < 4.78 is 3.59. The molecule has 128 valence electrons. The Bertz CT molecular complexity index is 989. The van der Waals surface area contributed by atoms with Crippen molar-refractivity contribution in [1.82, 2.24) is 19.6 Å². The minimum atomic E-state index is -0.140. The lowest BCUT2D eigenvalue weighted by Gasteiger charge is -2.08. The Morgan fingerprint density at radius 1 is 0.923 bits per heavy atom. The molecule has 0 spiro atoms. The van der Waals surface area contributed by atoms with Gasteiger partial charge in [0.15, 0.2) is 0 Å². The summed E-state index contributed by atoms with van der Waals surface area (Å²) in [7, 11) is 0. The number of benzene rings is 2. The highest BCUT2D eigenvalue weighted by molar-refractivity contribution is 6.04. The highest BCUT2D eigenvalue weighted by atomic mass is 16.1. The molecule has 6 heteroatoms. The van der Waals surface area contributed by atoms with Gasteiger partial charge in [0, 0.05) is 36.0 Å². The number of rotatable bonds is 5. The first kappa shape index (κ1) is 15.8. The largest absolute Gasteiger partial charge is 0.322 e. The lowest BCUT2D eigenvalue weighted by molar-refractivity contribution is 0.102. The third-order valence-electron chi connectivity index (χ3n) is 3.99. The lowest BCUT2D eigenvalue weighted by Crippen LogP contribution is -2.12. The molecule has 0 aliphatic heterocycles. The molecule has 0 saturated carbocycles. The molecule has 0 bridgehead atoms. The molecule has 26 heavy (non-hydrogen) atoms. The molecule has 0 unspecified atom stereocenters. The van der Waals surface area contributed by atoms with Crippen molar-refractivity contribution in [2.24, 2.45) is 0 Å². The highest BCUT2D eigenvalue weighted by Gasteiger charge is 2.08. The highest BCUT2D eigenvalue weighted by Crippen LogP contribution is 2.15. The maximum absolute atomic E-state index is 12.5. The maximum Gasteiger partial charge on any atom is 0.255 e. The third-order valence-corrected chi connectivity index (χ3v) is 3.99. The summed E-state index contributed by atoms with van der Waals surface area (Å²) >= 11 is 0. The number of hydrogen-bond donors (Lipinski definition) is 1. The van der Waals surface area contributed by atoms with E-state index in [9.17, 15) is 4.79 Å². The van der Waals surface area contributed by atoms with Gasteiger partial charge in [-0.3, -0.25) is 9.48 Å². The van der Waals surface area contributed by atoms with Gasteiger partial charge in [0.05, 0.1) is 12.2 Å². The molecule has 2 heterocycles. The topological polar surface area (TPSA) is 64.7 Å². The van der Waals surface area contributed by atoms with Gasteiger partial charge >= 0.3 is 0 Å². The second-order valence-electron chi connectivity index (χ2n) is 5.86. The standard InChI is InChI=1S/C20H17N5O/c26-20(17-5-1-4-16(14-17)15-24-12-2-10-21-24)23-18-6-8-19(9-7-18)25-13-3-11-22-25/h1-14H,15H2,(H,23,26). The van der Waals surface area contributed by atoms with Gasteiger partial charge in [0.2, 0.25) is 0 Å². The van der Waals surface area contributed by atoms with Crippen LogP contribution in [-0.2, 0) is 6.54 Å². The number of nitrogens with one attached hydrogen (secondary N) is 1. The van der Waals surface area contributed by atoms with Crippen molar-refractivity contribution < 1.29 is 4.79 Å². The van der Waals surface area contributed by atoms with Crippen LogP contribution in [-0.4, -0.2) is 25.5 Å². The van der Waals surface area contributed by atoms with Crippen molar-refractivity contribution in [1.29, 1.82) is 0 Å². The second-order valence-corrected chi connectivity index (χ2v) is 5.86. The molecule has 4 aromatic rings. The summed E-state index contributed by atoms with van der Waals surface area (Å²) in [6.45, 7) is 0.632. The molecule has 1 N–H and O–H groups in total. The third kappa shape index (κ3) is 3.54. The van der Waals surface area contributed by atoms with Crippen molar-refractivity contribution in [3.05, 3.63) is 96.6 Å². The van der Waals surface area contributed by atoms with E-state index in [-0.39, 0.29) is 5.91 Å². The van der Waals surface area contributed by atoms with E-state index in [2.05, 4.69) is 15.5 Å². The molecule has 0 saturated heterocycles. The molecular formula is C20H17N5O. The van der Waals surface area contributed by atoms with Crippen LogP contribution in [0.25, 0.3) is 5.69 Å². The zero-order valence-corrected chi connectivity index (χ0v) is 14.0. The molecule has 2 aromatic heterocycles. The Labute approximate surface area is 150 Å². The van der Waals surface area contributed by atoms with Crippen molar-refractivity contribution in [3.63, 3.8) is 0 Å². The van der Waals surface area contributed by atoms with Gasteiger partial charge in [-0.1, -0.05) is 12.1 Å². The summed E-state index contributed by atoms with van der Waals surface area (Å²) in [5.41, 5.74) is 3.32. The molecule has 0 fully saturated rings. The average molecular weight is 343 g/mol. The molecule has 4 rings (SSSR count). The Morgan fingerprint density at radius 3 is 2.46 bits per heavy atom. The van der Waals surface area contributed by atoms with Crippen molar-refractivity contribution in [2.75, 3.05) is 5.32 Å². The van der Waals surface area contributed by atoms with E-state index < -0.39 is 0 Å². The lowest BCUT2D eigenvalue weighted by atomic mass is 10.1. The Balaban J connectivity index is 1.46. The predicted molar refractivity (Wildman–Crippen MR) is 99.3 cm³/mol. The number of hydrogen-bond acceptors (Lipinski definition) is 3. The Hall–Kier alpha value is -3.67. The van der Waals surface area contributed by atoms with Gasteiger partial charge in [-0.25, -0.2) is 4.68 Å². The number of carbonyl (C=O) groups is 1. The zero-order valence-electron chi connectivity index (χ0n) is 14.0. The summed E-state index contributed by atoms with van der Waals surface area (Å²) in [5.74, 6) is -0.140. The van der Waals surface area contributed by atoms with E-state index >= 15 is 0 Å². The molecule has 0 aliphatic rings. The monoisotopic (exact) mass is 343 g/mol. The van der Waals surface area contributed by atoms with Crippen LogP contribution in [0.3, 0.4) is 0 Å². The first-order valence-electron chi connectivity index (χ1n) is 8.26. The molecule has 1 amide bonds. The van der Waals surface area contributed by atoms with E-state index in [4.69, 9.17) is 0 Å². The minimum absolute atomic E-state index is 0.140. The van der Waals surface area contributed by atoms with Crippen LogP contribution in [0, 0.1) is 0 Å². The van der Waals surface area contributed by atoms with E-state index in [0.29, 0.717) is 12.1 Å². The summed E-state index contributed by atoms with van der Waals surface area (Å²) in [4.78, 5) is 12.5. The fourth-order valence-corrected chi connectivity index (χ4v) is 2.71. The summed E-state index contributed by atoms with van der Waals surface area (Å²) in [6.07, 6.45) is 7.24. The smallest absolute Gasteiger partial charge is 0.255 e. The van der Waals surface area contributed by atoms with Crippen LogP contribution in [0.2, 0.25) is 0 Å². The summed E-state index contributed by atoms with van der Waals surface area (Å²) in [6, 6.07) is 18.9. The van der Waals surface area contributed by atoms with Crippen molar-refractivity contribution in [3.8, 4) is 5.69 Å². The molecule has 0 aliphatic carbocycles. The zero-order chi connectivity index (χ0) is 17.8. The fourth-order valence-electron chi connectivity index (χ4n) is 2.71. The quantitative estimate of drug-likeness (QED) is 0.604. The molecule has 6 nitrogen and oxygen atoms in total. The summed E-state index contributed by atoms with van der Waals surface area (Å²) in [5, 5.41) is 11.3. The van der Waals surface area contributed by atoms with Crippen LogP contribution in [0.5, 0.6) is 0 Å². The second kappa shape index (κ2) is 7.06. The van der Waals surface area contributed by atoms with Gasteiger partial charge in [-0.15, -0.1) is 0 Å². The van der Waals surface area contributed by atoms with Crippen LogP contribution in [0.1, 0.15) is 15.9 Å². The van der Waals surface area contributed by atoms with Crippen molar-refractivity contribution >= 4 is 11.6 Å². The molecular weight excluding hydrogens is 326 g/mol. The van der Waals surface area contributed by atoms with Gasteiger partial charge in [0.25, 0.3) is 5.91 Å². The van der Waals surface area contributed by atoms with Crippen LogP contribution >= 0.6 is 0 Å². The number of anilines is 1. The van der Waals surface area contributed by atoms with Gasteiger partial charge < -0.3 is 5.32 Å². The Morgan fingerprint density at radius 2 is 1.73 bits per heavy atom. The number of nitrogens with zero attached hydrogens (tertiary/aromatic N) is 4. The maximum atomic E-state index is 12.5. The first-order chi connectivity index (χ1) is 12.8.